The summed E-state index contributed by atoms with van der Waals surface area (Å²) >= 11 is 0. The van der Waals surface area contributed by atoms with Gasteiger partial charge in [-0.25, -0.2) is 31.4 Å². The zero-order chi connectivity index (χ0) is 28.4. The summed E-state index contributed by atoms with van der Waals surface area (Å²) in [7, 11) is -4.58. The van der Waals surface area contributed by atoms with Gasteiger partial charge in [0.1, 0.15) is 22.3 Å². The molecule has 2 amide bonds. The summed E-state index contributed by atoms with van der Waals surface area (Å²) in [5, 5.41) is 6.01. The Kier molecular flexibility index (Phi) is 7.58. The number of nitrogens with zero attached hydrogens (tertiary/aromatic N) is 2. The molecule has 4 aromatic rings. The Morgan fingerprint density at radius 3 is 2.26 bits per heavy atom. The van der Waals surface area contributed by atoms with Crippen molar-refractivity contribution in [1.82, 2.24) is 19.8 Å². The first-order valence-corrected chi connectivity index (χ1v) is 12.7. The molecule has 0 atom stereocenters. The zero-order valence-corrected chi connectivity index (χ0v) is 20.7. The van der Waals surface area contributed by atoms with E-state index in [0.717, 1.165) is 10.7 Å². The molecule has 0 fully saturated rings. The van der Waals surface area contributed by atoms with Gasteiger partial charge in [0.2, 0.25) is 0 Å². The molecule has 0 saturated carbocycles. The molecule has 204 valence electrons. The van der Waals surface area contributed by atoms with Gasteiger partial charge in [0.15, 0.2) is 5.69 Å². The molecule has 4 rings (SSSR count). The molecule has 0 bridgehead atoms. The highest BCUT2D eigenvalue weighted by molar-refractivity contribution is 7.90. The lowest BCUT2D eigenvalue weighted by molar-refractivity contribution is -0.140. The number of nitrogen functional groups attached to an aromatic ring is 1. The molecular weight excluding hydrogens is 545 g/mol. The number of carbonyl (C=O) groups excluding carboxylic acids is 1. The Morgan fingerprint density at radius 2 is 1.64 bits per heavy atom. The fraction of sp³-hybridized carbons (Fsp3) is 0.120. The number of rotatable bonds is 7. The molecule has 0 aliphatic carbocycles. The number of halogens is 5. The smallest absolute Gasteiger partial charge is 0.383 e. The summed E-state index contributed by atoms with van der Waals surface area (Å²) in [5.74, 6) is -2.53. The van der Waals surface area contributed by atoms with Crippen LogP contribution in [-0.2, 0) is 22.6 Å². The highest BCUT2D eigenvalue weighted by atomic mass is 32.2. The van der Waals surface area contributed by atoms with Crippen molar-refractivity contribution < 1.29 is 35.2 Å². The first-order valence-electron chi connectivity index (χ1n) is 11.2. The number of alkyl halides is 3. The van der Waals surface area contributed by atoms with E-state index < -0.39 is 44.5 Å². The summed E-state index contributed by atoms with van der Waals surface area (Å²) in [6.07, 6.45) is -4.52. The van der Waals surface area contributed by atoms with Crippen LogP contribution in [0.5, 0.6) is 0 Å². The number of nitrogens with one attached hydrogen (secondary N) is 2. The molecular formula is C25H20F5N5O3S. The maximum atomic E-state index is 13.8. The summed E-state index contributed by atoms with van der Waals surface area (Å²) in [6.45, 7) is -0.0348. The van der Waals surface area contributed by atoms with Crippen molar-refractivity contribution in [3.63, 3.8) is 0 Å². The standard InChI is InChI=1S/C25H20F5N5O3S/c26-17-8-11-20(19(27)14-17)39(37,38)34-24(36)32-13-12-15-6-9-18(10-7-15)35-23(31)21(16-4-2-1-3-5-16)22(33-35)25(28,29)30/h1-11,14H,12-13,31H2,(H2,32,34,36). The third-order valence-corrected chi connectivity index (χ3v) is 6.91. The molecule has 14 heteroatoms. The van der Waals surface area contributed by atoms with Crippen molar-refractivity contribution >= 4 is 21.9 Å². The minimum absolute atomic E-state index is 0.0348. The van der Waals surface area contributed by atoms with Gasteiger partial charge in [0.25, 0.3) is 10.0 Å². The summed E-state index contributed by atoms with van der Waals surface area (Å²) in [5.41, 5.74) is 5.90. The Morgan fingerprint density at radius 1 is 0.974 bits per heavy atom. The second-order valence-corrected chi connectivity index (χ2v) is 9.89. The fourth-order valence-electron chi connectivity index (χ4n) is 3.75. The quantitative estimate of drug-likeness (QED) is 0.282. The van der Waals surface area contributed by atoms with E-state index in [2.05, 4.69) is 10.4 Å². The van der Waals surface area contributed by atoms with Crippen LogP contribution in [0, 0.1) is 11.6 Å². The number of aromatic nitrogens is 2. The van der Waals surface area contributed by atoms with Crippen LogP contribution in [0.1, 0.15) is 11.3 Å². The lowest BCUT2D eigenvalue weighted by Crippen LogP contribution is -2.40. The van der Waals surface area contributed by atoms with E-state index in [-0.39, 0.29) is 35.6 Å². The van der Waals surface area contributed by atoms with Crippen LogP contribution in [0.2, 0.25) is 0 Å². The maximum Gasteiger partial charge on any atom is 0.435 e. The summed E-state index contributed by atoms with van der Waals surface area (Å²) < 4.78 is 94.8. The highest BCUT2D eigenvalue weighted by Crippen LogP contribution is 2.40. The third kappa shape index (κ3) is 6.17. The number of urea groups is 1. The fourth-order valence-corrected chi connectivity index (χ4v) is 4.74. The van der Waals surface area contributed by atoms with Crippen molar-refractivity contribution in [2.75, 3.05) is 12.3 Å². The van der Waals surface area contributed by atoms with Crippen LogP contribution in [-0.4, -0.2) is 30.8 Å². The van der Waals surface area contributed by atoms with E-state index in [1.165, 1.54) is 24.3 Å². The van der Waals surface area contributed by atoms with E-state index in [1.54, 1.807) is 35.1 Å². The van der Waals surface area contributed by atoms with Crippen LogP contribution in [0.4, 0.5) is 32.6 Å². The van der Waals surface area contributed by atoms with E-state index in [1.807, 2.05) is 0 Å². The molecule has 0 aliphatic rings. The summed E-state index contributed by atoms with van der Waals surface area (Å²) in [6, 6.07) is 14.7. The van der Waals surface area contributed by atoms with Gasteiger partial charge in [0.05, 0.1) is 11.3 Å². The molecule has 1 aromatic heterocycles. The molecule has 4 N–H and O–H groups in total. The van der Waals surface area contributed by atoms with E-state index in [9.17, 15) is 35.2 Å². The van der Waals surface area contributed by atoms with Gasteiger partial charge in [-0.3, -0.25) is 0 Å². The molecule has 3 aromatic carbocycles. The Labute approximate surface area is 219 Å². The van der Waals surface area contributed by atoms with Gasteiger partial charge in [-0.15, -0.1) is 0 Å². The molecule has 0 unspecified atom stereocenters. The van der Waals surface area contributed by atoms with Crippen LogP contribution in [0.25, 0.3) is 16.8 Å². The average molecular weight is 566 g/mol. The first-order chi connectivity index (χ1) is 18.4. The van der Waals surface area contributed by atoms with E-state index in [0.29, 0.717) is 17.7 Å². The van der Waals surface area contributed by atoms with Crippen molar-refractivity contribution in [2.24, 2.45) is 0 Å². The van der Waals surface area contributed by atoms with E-state index in [4.69, 9.17) is 5.73 Å². The SMILES string of the molecule is Nc1c(-c2ccccc2)c(C(F)(F)F)nn1-c1ccc(CCNC(=O)NS(=O)(=O)c2ccc(F)cc2F)cc1. The number of benzene rings is 3. The van der Waals surface area contributed by atoms with Gasteiger partial charge in [0, 0.05) is 12.6 Å². The van der Waals surface area contributed by atoms with Crippen molar-refractivity contribution in [2.45, 2.75) is 17.5 Å². The number of hydrogen-bond donors (Lipinski definition) is 3. The molecule has 0 radical (unpaired) electrons. The Hall–Kier alpha value is -4.46. The second kappa shape index (κ2) is 10.7. The maximum absolute atomic E-state index is 13.8. The first kappa shape index (κ1) is 27.6. The number of nitrogens with two attached hydrogens (primary N) is 1. The van der Waals surface area contributed by atoms with Crippen LogP contribution < -0.4 is 15.8 Å². The van der Waals surface area contributed by atoms with Crippen molar-refractivity contribution in [3.8, 4) is 16.8 Å². The predicted octanol–water partition coefficient (Wildman–Crippen LogP) is 4.65. The number of hydrogen-bond acceptors (Lipinski definition) is 5. The van der Waals surface area contributed by atoms with Crippen molar-refractivity contribution in [3.05, 3.63) is 95.7 Å². The molecule has 39 heavy (non-hydrogen) atoms. The Balaban J connectivity index is 1.43. The number of anilines is 1. The molecule has 0 saturated heterocycles. The zero-order valence-electron chi connectivity index (χ0n) is 19.8. The van der Waals surface area contributed by atoms with Gasteiger partial charge in [-0.05, 0) is 41.8 Å². The number of sulfonamides is 1. The van der Waals surface area contributed by atoms with Crippen molar-refractivity contribution in [1.29, 1.82) is 0 Å². The average Bonchev–Trinajstić information content (AvgIpc) is 3.22. The minimum atomic E-state index is -4.74. The minimum Gasteiger partial charge on any atom is -0.383 e. The van der Waals surface area contributed by atoms with Crippen LogP contribution >= 0.6 is 0 Å². The Bertz CT molecular complexity index is 1610. The van der Waals surface area contributed by atoms with Gasteiger partial charge in [-0.2, -0.15) is 18.3 Å². The molecule has 0 aliphatic heterocycles. The third-order valence-electron chi connectivity index (χ3n) is 5.54. The largest absolute Gasteiger partial charge is 0.435 e. The van der Waals surface area contributed by atoms with Gasteiger partial charge in [-0.1, -0.05) is 42.5 Å². The number of amides is 2. The van der Waals surface area contributed by atoms with Crippen LogP contribution in [0.15, 0.2) is 77.7 Å². The van der Waals surface area contributed by atoms with Gasteiger partial charge < -0.3 is 11.1 Å². The number of carbonyl (C=O) groups is 1. The second-order valence-electron chi connectivity index (χ2n) is 8.24. The predicted molar refractivity (Wildman–Crippen MR) is 132 cm³/mol. The molecule has 1 heterocycles. The topological polar surface area (TPSA) is 119 Å². The molecule has 8 nitrogen and oxygen atoms in total. The monoisotopic (exact) mass is 565 g/mol. The van der Waals surface area contributed by atoms with Gasteiger partial charge >= 0.3 is 12.2 Å². The lowest BCUT2D eigenvalue weighted by Gasteiger charge is -2.10. The highest BCUT2D eigenvalue weighted by Gasteiger charge is 2.39. The summed E-state index contributed by atoms with van der Waals surface area (Å²) in [4.78, 5) is 11.1. The molecule has 0 spiro atoms. The van der Waals surface area contributed by atoms with E-state index >= 15 is 0 Å². The van der Waals surface area contributed by atoms with Crippen LogP contribution in [0.3, 0.4) is 0 Å². The normalized spacial score (nSPS) is 11.8. The lowest BCUT2D eigenvalue weighted by atomic mass is 10.1.